The summed E-state index contributed by atoms with van der Waals surface area (Å²) in [6, 6.07) is 3.33. The maximum absolute atomic E-state index is 11.7. The Morgan fingerprint density at radius 3 is 2.85 bits per heavy atom. The van der Waals surface area contributed by atoms with Gasteiger partial charge < -0.3 is 10.4 Å². The first-order valence-electron chi connectivity index (χ1n) is 5.78. The molecule has 0 bridgehead atoms. The molecule has 0 aliphatic carbocycles. The van der Waals surface area contributed by atoms with Crippen LogP contribution in [0.3, 0.4) is 0 Å². The van der Waals surface area contributed by atoms with Crippen molar-refractivity contribution in [1.82, 2.24) is 4.98 Å². The highest BCUT2D eigenvalue weighted by atomic mass is 32.1. The van der Waals surface area contributed by atoms with Crippen LogP contribution in [0.1, 0.15) is 20.8 Å². The van der Waals surface area contributed by atoms with Crippen molar-refractivity contribution in [3.05, 3.63) is 52.0 Å². The van der Waals surface area contributed by atoms with Gasteiger partial charge in [-0.25, -0.2) is 4.79 Å². The Hall–Kier alpha value is -2.47. The summed E-state index contributed by atoms with van der Waals surface area (Å²) >= 11 is 1.55. The molecule has 6 heteroatoms. The van der Waals surface area contributed by atoms with Crippen LogP contribution < -0.4 is 5.32 Å². The number of carboxylic acid groups (broad SMARTS) is 1. The van der Waals surface area contributed by atoms with E-state index in [0.29, 0.717) is 5.69 Å². The normalized spacial score (nSPS) is 10.7. The number of hydrogen-bond donors (Lipinski definition) is 2. The number of carbonyl (C=O) groups is 2. The monoisotopic (exact) mass is 288 g/mol. The zero-order chi connectivity index (χ0) is 14.5. The summed E-state index contributed by atoms with van der Waals surface area (Å²) < 4.78 is 0. The number of thiophene rings is 1. The van der Waals surface area contributed by atoms with Gasteiger partial charge in [-0.15, -0.1) is 11.3 Å². The summed E-state index contributed by atoms with van der Waals surface area (Å²) in [6.45, 7) is 1.97. The number of amides is 1. The molecule has 5 nitrogen and oxygen atoms in total. The van der Waals surface area contributed by atoms with E-state index < -0.39 is 5.97 Å². The quantitative estimate of drug-likeness (QED) is 0.848. The molecule has 0 unspecified atom stereocenters. The van der Waals surface area contributed by atoms with E-state index >= 15 is 0 Å². The molecule has 2 aromatic rings. The number of anilines is 1. The van der Waals surface area contributed by atoms with E-state index in [-0.39, 0.29) is 11.5 Å². The Kier molecular flexibility index (Phi) is 4.27. The third-order valence-electron chi connectivity index (χ3n) is 2.54. The number of aryl methyl sites for hydroxylation is 1. The van der Waals surface area contributed by atoms with Gasteiger partial charge in [0.05, 0.1) is 17.4 Å². The number of nitrogens with zero attached hydrogens (tertiary/aromatic N) is 1. The number of pyridine rings is 1. The highest BCUT2D eigenvalue weighted by Crippen LogP contribution is 2.17. The van der Waals surface area contributed by atoms with Gasteiger partial charge >= 0.3 is 5.97 Å². The molecule has 20 heavy (non-hydrogen) atoms. The topological polar surface area (TPSA) is 79.3 Å². The fourth-order valence-corrected chi connectivity index (χ4v) is 2.34. The van der Waals surface area contributed by atoms with Crippen LogP contribution in [0.15, 0.2) is 36.0 Å². The highest BCUT2D eigenvalue weighted by molar-refractivity contribution is 7.11. The molecule has 2 heterocycles. The predicted molar refractivity (Wildman–Crippen MR) is 77.9 cm³/mol. The van der Waals surface area contributed by atoms with Crippen molar-refractivity contribution >= 4 is 35.0 Å². The number of hydrogen-bond acceptors (Lipinski definition) is 4. The van der Waals surface area contributed by atoms with E-state index in [2.05, 4.69) is 10.3 Å². The van der Waals surface area contributed by atoms with Crippen molar-refractivity contribution in [3.63, 3.8) is 0 Å². The van der Waals surface area contributed by atoms with E-state index in [4.69, 9.17) is 5.11 Å². The van der Waals surface area contributed by atoms with Gasteiger partial charge in [0.2, 0.25) is 5.91 Å². The minimum atomic E-state index is -1.08. The SMILES string of the molecule is Cc1ccsc1C=CC(=O)Nc1cncc(C(=O)O)c1. The first-order chi connectivity index (χ1) is 9.56. The molecule has 0 saturated heterocycles. The summed E-state index contributed by atoms with van der Waals surface area (Å²) in [7, 11) is 0. The van der Waals surface area contributed by atoms with E-state index in [9.17, 15) is 9.59 Å². The second-order valence-corrected chi connectivity index (χ2v) is 5.01. The average molecular weight is 288 g/mol. The Morgan fingerprint density at radius 1 is 1.40 bits per heavy atom. The van der Waals surface area contributed by atoms with Crippen molar-refractivity contribution < 1.29 is 14.7 Å². The van der Waals surface area contributed by atoms with Crippen molar-refractivity contribution in [2.75, 3.05) is 5.32 Å². The summed E-state index contributed by atoms with van der Waals surface area (Å²) in [5.74, 6) is -1.42. The number of rotatable bonds is 4. The summed E-state index contributed by atoms with van der Waals surface area (Å²) in [6.07, 6.45) is 5.76. The van der Waals surface area contributed by atoms with E-state index in [1.54, 1.807) is 17.4 Å². The molecule has 0 aromatic carbocycles. The largest absolute Gasteiger partial charge is 0.478 e. The van der Waals surface area contributed by atoms with Crippen LogP contribution in [0.25, 0.3) is 6.08 Å². The molecule has 0 fully saturated rings. The minimum absolute atomic E-state index is 0.0286. The van der Waals surface area contributed by atoms with Crippen LogP contribution in [-0.2, 0) is 4.79 Å². The number of nitrogens with one attached hydrogen (secondary N) is 1. The second-order valence-electron chi connectivity index (χ2n) is 4.06. The average Bonchev–Trinajstić information content (AvgIpc) is 2.82. The third-order valence-corrected chi connectivity index (χ3v) is 3.52. The summed E-state index contributed by atoms with van der Waals surface area (Å²) in [5, 5.41) is 13.4. The molecule has 0 aliphatic heterocycles. The Morgan fingerprint density at radius 2 is 2.20 bits per heavy atom. The first kappa shape index (κ1) is 14.0. The molecule has 1 amide bonds. The van der Waals surface area contributed by atoms with Crippen LogP contribution >= 0.6 is 11.3 Å². The third kappa shape index (κ3) is 3.52. The number of aromatic nitrogens is 1. The van der Waals surface area contributed by atoms with E-state index in [1.165, 1.54) is 24.5 Å². The number of carboxylic acids is 1. The van der Waals surface area contributed by atoms with Gasteiger partial charge in [-0.1, -0.05) is 0 Å². The lowest BCUT2D eigenvalue weighted by Gasteiger charge is -2.02. The number of carbonyl (C=O) groups excluding carboxylic acids is 1. The smallest absolute Gasteiger partial charge is 0.337 e. The predicted octanol–water partition coefficient (Wildman–Crippen LogP) is 2.80. The van der Waals surface area contributed by atoms with Crippen molar-refractivity contribution in [1.29, 1.82) is 0 Å². The molecule has 2 rings (SSSR count). The van der Waals surface area contributed by atoms with Gasteiger partial charge in [0, 0.05) is 17.2 Å². The molecule has 0 saturated carbocycles. The van der Waals surface area contributed by atoms with Gasteiger partial charge in [-0.3, -0.25) is 9.78 Å². The van der Waals surface area contributed by atoms with Gasteiger partial charge in [0.1, 0.15) is 0 Å². The molecular weight excluding hydrogens is 276 g/mol. The molecule has 0 spiro atoms. The summed E-state index contributed by atoms with van der Waals surface area (Å²) in [5.41, 5.74) is 1.48. The Bertz CT molecular complexity index is 677. The van der Waals surface area contributed by atoms with Crippen LogP contribution in [0, 0.1) is 6.92 Å². The van der Waals surface area contributed by atoms with Crippen LogP contribution in [-0.4, -0.2) is 22.0 Å². The van der Waals surface area contributed by atoms with E-state index in [0.717, 1.165) is 10.4 Å². The second kappa shape index (κ2) is 6.12. The van der Waals surface area contributed by atoms with Crippen LogP contribution in [0.4, 0.5) is 5.69 Å². The Labute approximate surface area is 119 Å². The molecule has 0 atom stereocenters. The number of aromatic carboxylic acids is 1. The van der Waals surface area contributed by atoms with Crippen molar-refractivity contribution in [3.8, 4) is 0 Å². The maximum Gasteiger partial charge on any atom is 0.337 e. The highest BCUT2D eigenvalue weighted by Gasteiger charge is 2.05. The lowest BCUT2D eigenvalue weighted by Crippen LogP contribution is -2.09. The zero-order valence-electron chi connectivity index (χ0n) is 10.7. The van der Waals surface area contributed by atoms with E-state index in [1.807, 2.05) is 18.4 Å². The molecule has 2 N–H and O–H groups in total. The molecule has 0 aliphatic rings. The molecule has 2 aromatic heterocycles. The molecular formula is C14H12N2O3S. The minimum Gasteiger partial charge on any atom is -0.478 e. The standard InChI is InChI=1S/C14H12N2O3S/c1-9-4-5-20-12(9)2-3-13(17)16-11-6-10(14(18)19)7-15-8-11/h2-8H,1H3,(H,16,17)(H,18,19). The van der Waals surface area contributed by atoms with Crippen LogP contribution in [0.2, 0.25) is 0 Å². The lowest BCUT2D eigenvalue weighted by molar-refractivity contribution is -0.111. The first-order valence-corrected chi connectivity index (χ1v) is 6.66. The van der Waals surface area contributed by atoms with Crippen molar-refractivity contribution in [2.24, 2.45) is 0 Å². The lowest BCUT2D eigenvalue weighted by atomic mass is 10.2. The summed E-state index contributed by atoms with van der Waals surface area (Å²) in [4.78, 5) is 27.3. The molecule has 0 radical (unpaired) electrons. The zero-order valence-corrected chi connectivity index (χ0v) is 11.5. The fraction of sp³-hybridized carbons (Fsp3) is 0.0714. The van der Waals surface area contributed by atoms with Gasteiger partial charge in [0.25, 0.3) is 0 Å². The fourth-order valence-electron chi connectivity index (χ4n) is 1.52. The maximum atomic E-state index is 11.7. The van der Waals surface area contributed by atoms with Gasteiger partial charge in [0.15, 0.2) is 0 Å². The van der Waals surface area contributed by atoms with Gasteiger partial charge in [-0.05, 0) is 36.1 Å². The van der Waals surface area contributed by atoms with Crippen LogP contribution in [0.5, 0.6) is 0 Å². The van der Waals surface area contributed by atoms with Gasteiger partial charge in [-0.2, -0.15) is 0 Å². The Balaban J connectivity index is 2.05. The molecule has 102 valence electrons. The van der Waals surface area contributed by atoms with Crippen molar-refractivity contribution in [2.45, 2.75) is 6.92 Å².